The van der Waals surface area contributed by atoms with Crippen molar-refractivity contribution in [2.24, 2.45) is 0 Å². The Morgan fingerprint density at radius 1 is 0.867 bits per heavy atom. The van der Waals surface area contributed by atoms with Gasteiger partial charge in [0.05, 0.1) is 13.2 Å². The SMILES string of the molecule is O=CCCCCCCCCCOCCO. The van der Waals surface area contributed by atoms with E-state index in [-0.39, 0.29) is 6.61 Å². The predicted octanol–water partition coefficient (Wildman–Crippen LogP) is 2.32. The second-order valence-electron chi connectivity index (χ2n) is 3.77. The first-order chi connectivity index (χ1) is 7.41. The molecular formula is C12H24O3. The Kier molecular flexibility index (Phi) is 13.2. The van der Waals surface area contributed by atoms with Gasteiger partial charge in [-0.25, -0.2) is 0 Å². The molecule has 0 aromatic rings. The van der Waals surface area contributed by atoms with Crippen LogP contribution in [0.1, 0.15) is 51.4 Å². The molecule has 3 nitrogen and oxygen atoms in total. The highest BCUT2D eigenvalue weighted by Gasteiger charge is 1.92. The van der Waals surface area contributed by atoms with Gasteiger partial charge in [0.1, 0.15) is 6.29 Å². The number of aldehydes is 1. The first kappa shape index (κ1) is 14.6. The summed E-state index contributed by atoms with van der Waals surface area (Å²) in [4.78, 5) is 10.0. The molecule has 0 saturated heterocycles. The van der Waals surface area contributed by atoms with Crippen LogP contribution in [0.25, 0.3) is 0 Å². The third-order valence-electron chi connectivity index (χ3n) is 2.35. The zero-order valence-electron chi connectivity index (χ0n) is 9.62. The van der Waals surface area contributed by atoms with Crippen LogP contribution in [0.4, 0.5) is 0 Å². The van der Waals surface area contributed by atoms with E-state index in [1.165, 1.54) is 32.1 Å². The van der Waals surface area contributed by atoms with Crippen molar-refractivity contribution in [2.45, 2.75) is 51.4 Å². The van der Waals surface area contributed by atoms with Gasteiger partial charge >= 0.3 is 0 Å². The lowest BCUT2D eigenvalue weighted by Gasteiger charge is -2.02. The number of ether oxygens (including phenoxy) is 1. The molecule has 0 rings (SSSR count). The van der Waals surface area contributed by atoms with Crippen LogP contribution in [0.3, 0.4) is 0 Å². The standard InChI is InChI=1S/C12H24O3/c13-9-7-5-3-1-2-4-6-8-11-15-12-10-14/h9,14H,1-8,10-12H2. The molecule has 0 aliphatic rings. The van der Waals surface area contributed by atoms with E-state index in [1.54, 1.807) is 0 Å². The predicted molar refractivity (Wildman–Crippen MR) is 60.9 cm³/mol. The van der Waals surface area contributed by atoms with E-state index in [0.717, 1.165) is 32.2 Å². The number of carbonyl (C=O) groups excluding carboxylic acids is 1. The highest BCUT2D eigenvalue weighted by atomic mass is 16.5. The van der Waals surface area contributed by atoms with Crippen molar-refractivity contribution >= 4 is 6.29 Å². The number of hydrogen-bond acceptors (Lipinski definition) is 3. The molecule has 0 aliphatic heterocycles. The van der Waals surface area contributed by atoms with Crippen LogP contribution >= 0.6 is 0 Å². The molecule has 0 aliphatic carbocycles. The van der Waals surface area contributed by atoms with Gasteiger partial charge in [0.2, 0.25) is 0 Å². The van der Waals surface area contributed by atoms with Gasteiger partial charge in [-0.15, -0.1) is 0 Å². The first-order valence-electron chi connectivity index (χ1n) is 6.04. The summed E-state index contributed by atoms with van der Waals surface area (Å²) in [5.41, 5.74) is 0. The molecule has 0 aromatic carbocycles. The maximum absolute atomic E-state index is 10.0. The summed E-state index contributed by atoms with van der Waals surface area (Å²) in [6, 6.07) is 0. The van der Waals surface area contributed by atoms with E-state index in [4.69, 9.17) is 9.84 Å². The first-order valence-corrected chi connectivity index (χ1v) is 6.04. The topological polar surface area (TPSA) is 46.5 Å². The Hall–Kier alpha value is -0.410. The average Bonchev–Trinajstić information content (AvgIpc) is 2.26. The van der Waals surface area contributed by atoms with E-state index in [2.05, 4.69) is 0 Å². The molecule has 15 heavy (non-hydrogen) atoms. The van der Waals surface area contributed by atoms with E-state index in [9.17, 15) is 4.79 Å². The van der Waals surface area contributed by atoms with Crippen molar-refractivity contribution in [3.05, 3.63) is 0 Å². The fourth-order valence-corrected chi connectivity index (χ4v) is 1.48. The fraction of sp³-hybridized carbons (Fsp3) is 0.917. The van der Waals surface area contributed by atoms with E-state index >= 15 is 0 Å². The molecule has 0 spiro atoms. The van der Waals surface area contributed by atoms with Crippen LogP contribution in [-0.2, 0) is 9.53 Å². The average molecular weight is 216 g/mol. The Bertz CT molecular complexity index is 126. The number of rotatable bonds is 12. The molecule has 0 radical (unpaired) electrons. The van der Waals surface area contributed by atoms with Crippen molar-refractivity contribution in [1.29, 1.82) is 0 Å². The van der Waals surface area contributed by atoms with E-state index < -0.39 is 0 Å². The summed E-state index contributed by atoms with van der Waals surface area (Å²) in [5.74, 6) is 0. The minimum atomic E-state index is 0.122. The Labute approximate surface area is 92.8 Å². The second kappa shape index (κ2) is 13.6. The maximum Gasteiger partial charge on any atom is 0.119 e. The molecule has 0 fully saturated rings. The van der Waals surface area contributed by atoms with Gasteiger partial charge < -0.3 is 14.6 Å². The number of aliphatic hydroxyl groups excluding tert-OH is 1. The van der Waals surface area contributed by atoms with Crippen LogP contribution in [0.15, 0.2) is 0 Å². The van der Waals surface area contributed by atoms with Gasteiger partial charge in [0.15, 0.2) is 0 Å². The summed E-state index contributed by atoms with van der Waals surface area (Å²) >= 11 is 0. The summed E-state index contributed by atoms with van der Waals surface area (Å²) in [6.07, 6.45) is 10.00. The van der Waals surface area contributed by atoms with Gasteiger partial charge in [-0.1, -0.05) is 32.1 Å². The van der Waals surface area contributed by atoms with Crippen molar-refractivity contribution in [2.75, 3.05) is 19.8 Å². The molecule has 0 atom stereocenters. The fourth-order valence-electron chi connectivity index (χ4n) is 1.48. The maximum atomic E-state index is 10.0. The normalized spacial score (nSPS) is 10.5. The molecule has 90 valence electrons. The molecular weight excluding hydrogens is 192 g/mol. The van der Waals surface area contributed by atoms with Crippen LogP contribution in [0, 0.1) is 0 Å². The number of hydrogen-bond donors (Lipinski definition) is 1. The number of carbonyl (C=O) groups is 1. The number of aliphatic hydroxyl groups is 1. The van der Waals surface area contributed by atoms with Crippen molar-refractivity contribution in [3.63, 3.8) is 0 Å². The van der Waals surface area contributed by atoms with Gasteiger partial charge in [-0.2, -0.15) is 0 Å². The lowest BCUT2D eigenvalue weighted by atomic mass is 10.1. The highest BCUT2D eigenvalue weighted by Crippen LogP contribution is 2.07. The second-order valence-corrected chi connectivity index (χ2v) is 3.77. The van der Waals surface area contributed by atoms with Gasteiger partial charge in [-0.3, -0.25) is 0 Å². The summed E-state index contributed by atoms with van der Waals surface area (Å²) in [5, 5.41) is 8.46. The zero-order chi connectivity index (χ0) is 11.2. The lowest BCUT2D eigenvalue weighted by molar-refractivity contribution is -0.107. The minimum Gasteiger partial charge on any atom is -0.394 e. The van der Waals surface area contributed by atoms with Crippen molar-refractivity contribution in [3.8, 4) is 0 Å². The van der Waals surface area contributed by atoms with Gasteiger partial charge in [0, 0.05) is 13.0 Å². The van der Waals surface area contributed by atoms with Gasteiger partial charge in [-0.05, 0) is 12.8 Å². The van der Waals surface area contributed by atoms with Crippen LogP contribution < -0.4 is 0 Å². The van der Waals surface area contributed by atoms with Crippen LogP contribution in [-0.4, -0.2) is 31.2 Å². The highest BCUT2D eigenvalue weighted by molar-refractivity contribution is 5.48. The number of unbranched alkanes of at least 4 members (excludes halogenated alkanes) is 7. The van der Waals surface area contributed by atoms with Crippen LogP contribution in [0.5, 0.6) is 0 Å². The monoisotopic (exact) mass is 216 g/mol. The van der Waals surface area contributed by atoms with E-state index in [1.807, 2.05) is 0 Å². The third-order valence-corrected chi connectivity index (χ3v) is 2.35. The molecule has 0 aromatic heterocycles. The summed E-state index contributed by atoms with van der Waals surface area (Å²) in [6.45, 7) is 1.36. The quantitative estimate of drug-likeness (QED) is 0.402. The third kappa shape index (κ3) is 13.6. The molecule has 0 bridgehead atoms. The Balaban J connectivity index is 2.83. The summed E-state index contributed by atoms with van der Waals surface area (Å²) in [7, 11) is 0. The molecule has 1 N–H and O–H groups in total. The largest absolute Gasteiger partial charge is 0.394 e. The zero-order valence-corrected chi connectivity index (χ0v) is 9.62. The van der Waals surface area contributed by atoms with Crippen molar-refractivity contribution < 1.29 is 14.6 Å². The Morgan fingerprint density at radius 2 is 1.47 bits per heavy atom. The van der Waals surface area contributed by atoms with Crippen molar-refractivity contribution in [1.82, 2.24) is 0 Å². The minimum absolute atomic E-state index is 0.122. The molecule has 0 saturated carbocycles. The lowest BCUT2D eigenvalue weighted by Crippen LogP contribution is -2.00. The molecule has 0 heterocycles. The van der Waals surface area contributed by atoms with Gasteiger partial charge in [0.25, 0.3) is 0 Å². The van der Waals surface area contributed by atoms with Crippen LogP contribution in [0.2, 0.25) is 0 Å². The Morgan fingerprint density at radius 3 is 2.07 bits per heavy atom. The smallest absolute Gasteiger partial charge is 0.119 e. The molecule has 3 heteroatoms. The van der Waals surface area contributed by atoms with E-state index in [0.29, 0.717) is 6.61 Å². The molecule has 0 amide bonds. The summed E-state index contributed by atoms with van der Waals surface area (Å²) < 4.78 is 5.15. The molecule has 0 unspecified atom stereocenters.